The summed E-state index contributed by atoms with van der Waals surface area (Å²) in [6, 6.07) is 42.3. The standard InChI is InChI=1S/C41H38NO.C15H15FN.Ir/c1-23(2)29-18-33(24(3)4)40(34(19-29)25(5)6)35-20-38(42-22-26(35)7)32-14-10-13-31-37-17-28-16-15-27-11-8-9-12-30(27)36(28)21-39(37)43-41(31)32;1-15(2,3)12-8-9-17-14(10-12)11-4-6-13(16)7-5-11;/h8-13,15-25H,1-7H3;4,6-10H,1-3H3;/q2*-1;/i7D3;;. The molecule has 9 rings (SSSR count). The molecule has 0 aliphatic rings. The molecular weight excluding hydrogens is 928 g/mol. The summed E-state index contributed by atoms with van der Waals surface area (Å²) >= 11 is 0. The quantitative estimate of drug-likeness (QED) is 0.123. The summed E-state index contributed by atoms with van der Waals surface area (Å²) in [5.74, 6) is 0.473. The molecule has 3 aromatic heterocycles. The summed E-state index contributed by atoms with van der Waals surface area (Å²) < 4.78 is 45.0. The van der Waals surface area contributed by atoms with Crippen LogP contribution in [0.2, 0.25) is 0 Å². The van der Waals surface area contributed by atoms with Gasteiger partial charge in [0.05, 0.1) is 5.58 Å². The minimum atomic E-state index is -2.34. The number of pyridine rings is 2. The van der Waals surface area contributed by atoms with Gasteiger partial charge in [-0.15, -0.1) is 48.0 Å². The molecule has 6 aromatic carbocycles. The van der Waals surface area contributed by atoms with Crippen LogP contribution in [0.5, 0.6) is 0 Å². The fraction of sp³-hybridized carbons (Fsp3) is 0.250. The third-order valence-electron chi connectivity index (χ3n) is 11.5. The maximum absolute atomic E-state index is 12.8. The second-order valence-electron chi connectivity index (χ2n) is 17.8. The van der Waals surface area contributed by atoms with Crippen molar-refractivity contribution < 1.29 is 33.0 Å². The van der Waals surface area contributed by atoms with Crippen LogP contribution in [0.25, 0.3) is 77.1 Å². The number of rotatable bonds is 6. The second kappa shape index (κ2) is 17.5. The number of benzene rings is 6. The first-order valence-corrected chi connectivity index (χ1v) is 20.9. The molecule has 3 heterocycles. The molecule has 0 bridgehead atoms. The van der Waals surface area contributed by atoms with E-state index in [-0.39, 0.29) is 48.7 Å². The van der Waals surface area contributed by atoms with E-state index in [0.717, 1.165) is 60.6 Å². The number of aromatic nitrogens is 2. The van der Waals surface area contributed by atoms with E-state index in [1.807, 2.05) is 30.3 Å². The van der Waals surface area contributed by atoms with Gasteiger partial charge in [-0.05, 0) is 120 Å². The van der Waals surface area contributed by atoms with Crippen molar-refractivity contribution >= 4 is 43.5 Å². The van der Waals surface area contributed by atoms with E-state index in [1.165, 1.54) is 40.2 Å². The third kappa shape index (κ3) is 8.69. The fourth-order valence-corrected chi connectivity index (χ4v) is 8.11. The third-order valence-corrected chi connectivity index (χ3v) is 11.5. The van der Waals surface area contributed by atoms with Crippen molar-refractivity contribution in [2.24, 2.45) is 0 Å². The zero-order valence-electron chi connectivity index (χ0n) is 39.3. The van der Waals surface area contributed by atoms with Gasteiger partial charge in [-0.1, -0.05) is 134 Å². The molecule has 0 amide bonds. The molecule has 5 heteroatoms. The van der Waals surface area contributed by atoms with Gasteiger partial charge in [-0.2, -0.15) is 0 Å². The number of fused-ring (bicyclic) bond motifs is 6. The van der Waals surface area contributed by atoms with Crippen LogP contribution in [0.15, 0.2) is 126 Å². The maximum Gasteiger partial charge on any atom is 0.121 e. The largest absolute Gasteiger partial charge is 0.501 e. The van der Waals surface area contributed by atoms with Crippen molar-refractivity contribution in [1.29, 1.82) is 0 Å². The summed E-state index contributed by atoms with van der Waals surface area (Å²) in [5.41, 5.74) is 11.3. The number of hydrogen-bond acceptors (Lipinski definition) is 3. The number of halogens is 1. The van der Waals surface area contributed by atoms with Gasteiger partial charge >= 0.3 is 0 Å². The van der Waals surface area contributed by atoms with E-state index in [1.54, 1.807) is 12.3 Å². The van der Waals surface area contributed by atoms with E-state index in [4.69, 9.17) is 13.5 Å². The van der Waals surface area contributed by atoms with E-state index in [2.05, 4.69) is 140 Å². The first kappa shape index (κ1) is 39.6. The van der Waals surface area contributed by atoms with Crippen molar-refractivity contribution in [2.45, 2.75) is 92.3 Å². The molecule has 0 aliphatic heterocycles. The minimum Gasteiger partial charge on any atom is -0.501 e. The Morgan fingerprint density at radius 2 is 1.43 bits per heavy atom. The van der Waals surface area contributed by atoms with Crippen LogP contribution < -0.4 is 0 Å². The van der Waals surface area contributed by atoms with Gasteiger partial charge in [0.2, 0.25) is 0 Å². The van der Waals surface area contributed by atoms with E-state index >= 15 is 0 Å². The molecule has 0 atom stereocenters. The SMILES string of the molecule is CC(C)(C)c1ccnc(-c2[c-]cc(F)cc2)c1.[2H]C([2H])([2H])c1cnc(-c2[c-]ccc3c2oc2cc4c(ccc5ccccc54)cc23)cc1-c1c(C(C)C)cc(C(C)C)cc1C(C)C.[Ir]. The Hall–Kier alpha value is -5.48. The molecule has 9 aromatic rings. The van der Waals surface area contributed by atoms with Crippen LogP contribution in [0.4, 0.5) is 4.39 Å². The normalized spacial score (nSPS) is 12.8. The predicted molar refractivity (Wildman–Crippen MR) is 250 cm³/mol. The average Bonchev–Trinajstić information content (AvgIpc) is 3.62. The van der Waals surface area contributed by atoms with Crippen LogP contribution in [-0.4, -0.2) is 9.97 Å². The molecule has 0 N–H and O–H groups in total. The molecular formula is C56H53FIrN2O-2. The molecule has 61 heavy (non-hydrogen) atoms. The van der Waals surface area contributed by atoms with Gasteiger partial charge in [0.15, 0.2) is 0 Å². The van der Waals surface area contributed by atoms with Gasteiger partial charge in [0.1, 0.15) is 5.58 Å². The van der Waals surface area contributed by atoms with E-state index in [9.17, 15) is 4.39 Å². The van der Waals surface area contributed by atoms with Gasteiger partial charge in [0.25, 0.3) is 0 Å². The van der Waals surface area contributed by atoms with Gasteiger partial charge in [0, 0.05) is 47.8 Å². The summed E-state index contributed by atoms with van der Waals surface area (Å²) in [6.07, 6.45) is 3.32. The number of aryl methyl sites for hydroxylation is 1. The van der Waals surface area contributed by atoms with Gasteiger partial charge < -0.3 is 14.4 Å². The number of nitrogens with zero attached hydrogens (tertiary/aromatic N) is 2. The molecule has 311 valence electrons. The predicted octanol–water partition coefficient (Wildman–Crippen LogP) is 16.1. The average molecular weight is 984 g/mol. The van der Waals surface area contributed by atoms with E-state index < -0.39 is 6.85 Å². The molecule has 3 nitrogen and oxygen atoms in total. The second-order valence-corrected chi connectivity index (χ2v) is 17.8. The monoisotopic (exact) mass is 984 g/mol. The Morgan fingerprint density at radius 1 is 0.689 bits per heavy atom. The van der Waals surface area contributed by atoms with E-state index in [0.29, 0.717) is 22.8 Å². The molecule has 0 unspecified atom stereocenters. The number of hydrogen-bond donors (Lipinski definition) is 0. The summed E-state index contributed by atoms with van der Waals surface area (Å²) in [5, 5.41) is 6.68. The van der Waals surface area contributed by atoms with Gasteiger partial charge in [-0.25, -0.2) is 0 Å². The molecule has 0 spiro atoms. The maximum atomic E-state index is 12.8. The fourth-order valence-electron chi connectivity index (χ4n) is 8.11. The Morgan fingerprint density at radius 3 is 2.10 bits per heavy atom. The summed E-state index contributed by atoms with van der Waals surface area (Å²) in [4.78, 5) is 9.06. The summed E-state index contributed by atoms with van der Waals surface area (Å²) in [6.45, 7) is 17.3. The first-order chi connectivity index (χ1) is 29.9. The zero-order chi connectivity index (χ0) is 45.0. The van der Waals surface area contributed by atoms with Gasteiger partial charge in [-0.3, -0.25) is 4.39 Å². The van der Waals surface area contributed by atoms with Crippen molar-refractivity contribution in [2.75, 3.05) is 0 Å². The first-order valence-electron chi connectivity index (χ1n) is 22.4. The number of furan rings is 1. The van der Waals surface area contributed by atoms with Crippen molar-refractivity contribution in [1.82, 2.24) is 9.97 Å². The zero-order valence-corrected chi connectivity index (χ0v) is 38.7. The van der Waals surface area contributed by atoms with Crippen LogP contribution in [0.1, 0.15) is 112 Å². The topological polar surface area (TPSA) is 38.9 Å². The van der Waals surface area contributed by atoms with Crippen molar-refractivity contribution in [3.05, 3.63) is 167 Å². The Balaban J connectivity index is 0.000000286. The Labute approximate surface area is 378 Å². The molecule has 0 saturated heterocycles. The molecule has 0 aliphatic carbocycles. The van der Waals surface area contributed by atoms with Crippen LogP contribution in [0.3, 0.4) is 0 Å². The molecule has 0 fully saturated rings. The molecule has 1 radical (unpaired) electrons. The minimum absolute atomic E-state index is 0. The smallest absolute Gasteiger partial charge is 0.121 e. The van der Waals surface area contributed by atoms with Crippen molar-refractivity contribution in [3.63, 3.8) is 0 Å². The van der Waals surface area contributed by atoms with Crippen LogP contribution in [0, 0.1) is 24.8 Å². The van der Waals surface area contributed by atoms with Crippen LogP contribution in [-0.2, 0) is 25.5 Å². The Kier molecular flexibility index (Phi) is 11.4. The molecule has 0 saturated carbocycles. The van der Waals surface area contributed by atoms with Crippen LogP contribution >= 0.6 is 0 Å². The van der Waals surface area contributed by atoms with Crippen molar-refractivity contribution in [3.8, 4) is 33.6 Å². The summed E-state index contributed by atoms with van der Waals surface area (Å²) in [7, 11) is 0. The Bertz CT molecular complexity index is 3110.